The van der Waals surface area contributed by atoms with Gasteiger partial charge < -0.3 is 0 Å². The maximum atomic E-state index is 2.35. The Kier molecular flexibility index (Phi) is 6.73. The van der Waals surface area contributed by atoms with Gasteiger partial charge in [-0.05, 0) is 145 Å². The monoisotopic (exact) mass is 706 g/mol. The SMILES string of the molecule is c1cc(-c2cccc(-c3cccc(-c4ccc5ccc6cccc7ccc4c5c67)c3)c2)cc(-c2cccc(-c3ccc4ccc5cccc6ccc3c4c56)c2)c1. The van der Waals surface area contributed by atoms with Crippen LogP contribution in [-0.4, -0.2) is 0 Å². The fourth-order valence-electron chi connectivity index (χ4n) is 9.46. The standard InChI is InChI=1S/C56H34/c1-7-35-19-21-39-23-27-49(51-29-25-37(9-1)53(35)55(39)51)47-17-5-15-45(33-47)43-13-3-11-41(31-43)42-12-4-14-44(32-42)46-16-6-18-48(34-46)50-28-24-40-22-20-36-8-2-10-38-26-30-52(50)56(40)54(36)38/h1-34H. The Morgan fingerprint density at radius 3 is 0.786 bits per heavy atom. The van der Waals surface area contributed by atoms with Crippen molar-refractivity contribution in [3.05, 3.63) is 206 Å². The van der Waals surface area contributed by atoms with E-state index in [-0.39, 0.29) is 0 Å². The van der Waals surface area contributed by atoms with E-state index in [1.54, 1.807) is 0 Å². The lowest BCUT2D eigenvalue weighted by Gasteiger charge is -2.15. The molecule has 0 unspecified atom stereocenters. The summed E-state index contributed by atoms with van der Waals surface area (Å²) < 4.78 is 0. The molecule has 0 bridgehead atoms. The lowest BCUT2D eigenvalue weighted by atomic mass is 9.89. The van der Waals surface area contributed by atoms with Crippen molar-refractivity contribution >= 4 is 64.6 Å². The summed E-state index contributed by atoms with van der Waals surface area (Å²) in [5.41, 5.74) is 12.3. The second-order valence-electron chi connectivity index (χ2n) is 15.3. The lowest BCUT2D eigenvalue weighted by molar-refractivity contribution is 1.57. The average Bonchev–Trinajstić information content (AvgIpc) is 3.27. The van der Waals surface area contributed by atoms with E-state index in [0.29, 0.717) is 0 Å². The predicted octanol–water partition coefficient (Wildman–Crippen LogP) is 15.8. The van der Waals surface area contributed by atoms with Gasteiger partial charge in [0.15, 0.2) is 0 Å². The highest BCUT2D eigenvalue weighted by Crippen LogP contribution is 2.42. The van der Waals surface area contributed by atoms with E-state index >= 15 is 0 Å². The number of hydrogen-bond acceptors (Lipinski definition) is 0. The minimum absolute atomic E-state index is 1.21. The van der Waals surface area contributed by atoms with Crippen molar-refractivity contribution in [1.29, 1.82) is 0 Å². The third-order valence-corrected chi connectivity index (χ3v) is 12.1. The first-order chi connectivity index (χ1) is 27.7. The molecule has 0 heterocycles. The fraction of sp³-hybridized carbons (Fsp3) is 0. The molecule has 0 atom stereocenters. The molecule has 0 N–H and O–H groups in total. The summed E-state index contributed by atoms with van der Waals surface area (Å²) >= 11 is 0. The molecule has 0 saturated heterocycles. The van der Waals surface area contributed by atoms with Crippen LogP contribution >= 0.6 is 0 Å². The Morgan fingerprint density at radius 1 is 0.179 bits per heavy atom. The van der Waals surface area contributed by atoms with E-state index in [9.17, 15) is 0 Å². The molecule has 12 aromatic rings. The van der Waals surface area contributed by atoms with Gasteiger partial charge in [0.25, 0.3) is 0 Å². The first kappa shape index (κ1) is 31.1. The zero-order valence-corrected chi connectivity index (χ0v) is 30.6. The molecule has 0 nitrogen and oxygen atoms in total. The molecule has 12 aromatic carbocycles. The fourth-order valence-corrected chi connectivity index (χ4v) is 9.46. The van der Waals surface area contributed by atoms with Crippen LogP contribution in [0.1, 0.15) is 0 Å². The zero-order valence-electron chi connectivity index (χ0n) is 30.6. The van der Waals surface area contributed by atoms with Gasteiger partial charge in [0, 0.05) is 0 Å². The molecule has 258 valence electrons. The summed E-state index contributed by atoms with van der Waals surface area (Å²) in [4.78, 5) is 0. The van der Waals surface area contributed by atoms with Gasteiger partial charge in [-0.15, -0.1) is 0 Å². The topological polar surface area (TPSA) is 0 Å². The highest BCUT2D eigenvalue weighted by atomic mass is 14.2. The van der Waals surface area contributed by atoms with E-state index in [1.165, 1.54) is 120 Å². The second kappa shape index (κ2) is 12.1. The van der Waals surface area contributed by atoms with Gasteiger partial charge in [-0.2, -0.15) is 0 Å². The summed E-state index contributed by atoms with van der Waals surface area (Å²) in [5.74, 6) is 0. The van der Waals surface area contributed by atoms with Gasteiger partial charge in [0.1, 0.15) is 0 Å². The molecule has 0 amide bonds. The van der Waals surface area contributed by atoms with E-state index in [1.807, 2.05) is 0 Å². The molecule has 0 radical (unpaired) electrons. The molecule has 0 spiro atoms. The quantitative estimate of drug-likeness (QED) is 0.156. The average molecular weight is 707 g/mol. The summed E-state index contributed by atoms with van der Waals surface area (Å²) in [6, 6.07) is 76.6. The molecule has 56 heavy (non-hydrogen) atoms. The van der Waals surface area contributed by atoms with Crippen LogP contribution in [-0.2, 0) is 0 Å². The third kappa shape index (κ3) is 4.79. The van der Waals surface area contributed by atoms with Crippen molar-refractivity contribution in [1.82, 2.24) is 0 Å². The van der Waals surface area contributed by atoms with Crippen molar-refractivity contribution in [2.24, 2.45) is 0 Å². The summed E-state index contributed by atoms with van der Waals surface area (Å²) in [6.07, 6.45) is 0. The Labute approximate surface area is 325 Å². The first-order valence-electron chi connectivity index (χ1n) is 19.5. The van der Waals surface area contributed by atoms with Crippen molar-refractivity contribution in [2.75, 3.05) is 0 Å². The van der Waals surface area contributed by atoms with Crippen molar-refractivity contribution in [3.8, 4) is 55.6 Å². The number of hydrogen-bond donors (Lipinski definition) is 0. The Morgan fingerprint density at radius 2 is 0.429 bits per heavy atom. The summed E-state index contributed by atoms with van der Waals surface area (Å²) in [6.45, 7) is 0. The molecular formula is C56H34. The first-order valence-corrected chi connectivity index (χ1v) is 19.5. The maximum absolute atomic E-state index is 2.35. The van der Waals surface area contributed by atoms with Crippen molar-refractivity contribution < 1.29 is 0 Å². The van der Waals surface area contributed by atoms with Gasteiger partial charge in [-0.1, -0.05) is 182 Å². The van der Waals surface area contributed by atoms with Crippen LogP contribution in [0.15, 0.2) is 206 Å². The molecule has 0 aliphatic heterocycles. The predicted molar refractivity (Wildman–Crippen MR) is 241 cm³/mol. The molecule has 0 saturated carbocycles. The maximum Gasteiger partial charge on any atom is -0.00206 e. The Hall–Kier alpha value is -7.28. The number of rotatable bonds is 5. The molecule has 0 aromatic heterocycles. The summed E-state index contributed by atoms with van der Waals surface area (Å²) in [7, 11) is 0. The van der Waals surface area contributed by atoms with Gasteiger partial charge >= 0.3 is 0 Å². The highest BCUT2D eigenvalue weighted by Gasteiger charge is 2.15. The third-order valence-electron chi connectivity index (χ3n) is 12.1. The van der Waals surface area contributed by atoms with E-state index in [4.69, 9.17) is 0 Å². The Bertz CT molecular complexity index is 3210. The van der Waals surface area contributed by atoms with Crippen LogP contribution in [0.25, 0.3) is 120 Å². The van der Waals surface area contributed by atoms with Gasteiger partial charge in [0.2, 0.25) is 0 Å². The second-order valence-corrected chi connectivity index (χ2v) is 15.3. The molecule has 0 aliphatic carbocycles. The van der Waals surface area contributed by atoms with Gasteiger partial charge in [-0.25, -0.2) is 0 Å². The van der Waals surface area contributed by atoms with Crippen molar-refractivity contribution in [3.63, 3.8) is 0 Å². The zero-order chi connectivity index (χ0) is 36.7. The van der Waals surface area contributed by atoms with E-state index in [0.717, 1.165) is 0 Å². The molecule has 0 fully saturated rings. The largest absolute Gasteiger partial charge is 0.0610 e. The van der Waals surface area contributed by atoms with E-state index in [2.05, 4.69) is 206 Å². The number of benzene rings is 12. The lowest BCUT2D eigenvalue weighted by Crippen LogP contribution is -1.88. The van der Waals surface area contributed by atoms with Crippen LogP contribution in [0.2, 0.25) is 0 Å². The Balaban J connectivity index is 0.903. The van der Waals surface area contributed by atoms with Crippen LogP contribution in [0, 0.1) is 0 Å². The van der Waals surface area contributed by atoms with Crippen LogP contribution in [0.5, 0.6) is 0 Å². The summed E-state index contributed by atoms with van der Waals surface area (Å²) in [5, 5.41) is 15.8. The normalized spacial score (nSPS) is 11.9. The molecule has 0 aliphatic rings. The molecule has 12 rings (SSSR count). The van der Waals surface area contributed by atoms with Crippen molar-refractivity contribution in [2.45, 2.75) is 0 Å². The minimum atomic E-state index is 1.21. The highest BCUT2D eigenvalue weighted by molar-refractivity contribution is 6.26. The van der Waals surface area contributed by atoms with Crippen LogP contribution in [0.4, 0.5) is 0 Å². The van der Waals surface area contributed by atoms with Gasteiger partial charge in [0.05, 0.1) is 0 Å². The molecular weight excluding hydrogens is 673 g/mol. The molecule has 0 heteroatoms. The van der Waals surface area contributed by atoms with Crippen LogP contribution < -0.4 is 0 Å². The van der Waals surface area contributed by atoms with E-state index < -0.39 is 0 Å². The minimum Gasteiger partial charge on any atom is -0.0610 e. The smallest absolute Gasteiger partial charge is 0.00206 e. The van der Waals surface area contributed by atoms with Crippen LogP contribution in [0.3, 0.4) is 0 Å². The van der Waals surface area contributed by atoms with Gasteiger partial charge in [-0.3, -0.25) is 0 Å².